The Hall–Kier alpha value is -2.04. The van der Waals surface area contributed by atoms with Gasteiger partial charge >= 0.3 is 0 Å². The van der Waals surface area contributed by atoms with Crippen LogP contribution >= 0.6 is 0 Å². The van der Waals surface area contributed by atoms with Crippen molar-refractivity contribution in [3.05, 3.63) is 23.8 Å². The average molecular weight is 291 g/mol. The van der Waals surface area contributed by atoms with Gasteiger partial charge in [0.1, 0.15) is 11.5 Å². The Kier molecular flexibility index (Phi) is 4.83. The quantitative estimate of drug-likeness (QED) is 0.781. The van der Waals surface area contributed by atoms with E-state index in [0.717, 1.165) is 25.9 Å². The van der Waals surface area contributed by atoms with E-state index in [0.29, 0.717) is 17.1 Å². The normalized spacial score (nSPS) is 15.7. The largest absolute Gasteiger partial charge is 0.497 e. The van der Waals surface area contributed by atoms with E-state index in [4.69, 9.17) is 9.47 Å². The molecule has 0 N–H and O–H groups in total. The molecule has 0 radical (unpaired) electrons. The number of methoxy groups -OCH3 is 1. The van der Waals surface area contributed by atoms with Crippen molar-refractivity contribution in [1.82, 2.24) is 4.90 Å². The number of carbonyl (C=O) groups excluding carboxylic acids is 2. The van der Waals surface area contributed by atoms with Gasteiger partial charge in [0.25, 0.3) is 5.91 Å². The number of hydrogen-bond acceptors (Lipinski definition) is 4. The number of carbonyl (C=O) groups is 2. The van der Waals surface area contributed by atoms with Crippen LogP contribution in [-0.2, 0) is 4.79 Å². The molecule has 0 bridgehead atoms. The summed E-state index contributed by atoms with van der Waals surface area (Å²) in [5.41, 5.74) is 0.455. The molecule has 1 aliphatic rings. The second-order valence-corrected chi connectivity index (χ2v) is 5.21. The van der Waals surface area contributed by atoms with Gasteiger partial charge in [0.15, 0.2) is 11.9 Å². The van der Waals surface area contributed by atoms with Crippen molar-refractivity contribution in [2.24, 2.45) is 0 Å². The molecular weight excluding hydrogens is 270 g/mol. The predicted octanol–water partition coefficient (Wildman–Crippen LogP) is 2.29. The Labute approximate surface area is 124 Å². The van der Waals surface area contributed by atoms with E-state index in [2.05, 4.69) is 0 Å². The Morgan fingerprint density at radius 1 is 1.24 bits per heavy atom. The minimum atomic E-state index is -0.617. The Balaban J connectivity index is 2.16. The minimum Gasteiger partial charge on any atom is -0.497 e. The van der Waals surface area contributed by atoms with Crippen molar-refractivity contribution >= 4 is 11.7 Å². The number of amides is 1. The van der Waals surface area contributed by atoms with Crippen LogP contribution in [0.1, 0.15) is 37.0 Å². The van der Waals surface area contributed by atoms with Crippen molar-refractivity contribution in [1.29, 1.82) is 0 Å². The average Bonchev–Trinajstić information content (AvgIpc) is 3.00. The number of hydrogen-bond donors (Lipinski definition) is 0. The molecule has 5 heteroatoms. The monoisotopic (exact) mass is 291 g/mol. The van der Waals surface area contributed by atoms with E-state index in [9.17, 15) is 9.59 Å². The third kappa shape index (κ3) is 3.54. The van der Waals surface area contributed by atoms with Crippen LogP contribution in [0, 0.1) is 0 Å². The van der Waals surface area contributed by atoms with E-state index in [-0.39, 0.29) is 11.7 Å². The summed E-state index contributed by atoms with van der Waals surface area (Å²) in [4.78, 5) is 25.7. The number of ether oxygens (including phenoxy) is 2. The number of rotatable bonds is 5. The number of benzene rings is 1. The lowest BCUT2D eigenvalue weighted by atomic mass is 10.1. The number of Topliss-reactive ketones (excluding diaryl/α,β-unsaturated/α-hetero) is 1. The lowest BCUT2D eigenvalue weighted by molar-refractivity contribution is -0.136. The van der Waals surface area contributed by atoms with Crippen molar-refractivity contribution < 1.29 is 19.1 Å². The summed E-state index contributed by atoms with van der Waals surface area (Å²) in [5, 5.41) is 0. The predicted molar refractivity (Wildman–Crippen MR) is 78.9 cm³/mol. The standard InChI is InChI=1S/C16H21NO4/c1-11(18)14-7-6-13(20-3)10-15(14)21-12(2)16(19)17-8-4-5-9-17/h6-7,10,12H,4-5,8-9H2,1-3H3. The van der Waals surface area contributed by atoms with Crippen molar-refractivity contribution in [2.45, 2.75) is 32.8 Å². The van der Waals surface area contributed by atoms with Crippen LogP contribution in [0.2, 0.25) is 0 Å². The third-order valence-electron chi connectivity index (χ3n) is 3.64. The maximum absolute atomic E-state index is 12.3. The summed E-state index contributed by atoms with van der Waals surface area (Å²) in [6.07, 6.45) is 1.46. The van der Waals surface area contributed by atoms with Gasteiger partial charge in [-0.25, -0.2) is 0 Å². The first kappa shape index (κ1) is 15.4. The number of nitrogens with zero attached hydrogens (tertiary/aromatic N) is 1. The Morgan fingerprint density at radius 2 is 1.90 bits per heavy atom. The first-order chi connectivity index (χ1) is 10.0. The van der Waals surface area contributed by atoms with Crippen LogP contribution in [0.15, 0.2) is 18.2 Å². The maximum atomic E-state index is 12.3. The zero-order chi connectivity index (χ0) is 15.4. The highest BCUT2D eigenvalue weighted by atomic mass is 16.5. The lowest BCUT2D eigenvalue weighted by Gasteiger charge is -2.22. The molecular formula is C16H21NO4. The SMILES string of the molecule is COc1ccc(C(C)=O)c(OC(C)C(=O)N2CCCC2)c1. The van der Waals surface area contributed by atoms with Gasteiger partial charge in [0, 0.05) is 19.2 Å². The fourth-order valence-electron chi connectivity index (χ4n) is 2.45. The van der Waals surface area contributed by atoms with Gasteiger partial charge in [-0.1, -0.05) is 0 Å². The zero-order valence-electron chi connectivity index (χ0n) is 12.7. The fraction of sp³-hybridized carbons (Fsp3) is 0.500. The van der Waals surface area contributed by atoms with Crippen LogP contribution in [0.5, 0.6) is 11.5 Å². The van der Waals surface area contributed by atoms with Crippen molar-refractivity contribution in [3.63, 3.8) is 0 Å². The molecule has 21 heavy (non-hydrogen) atoms. The van der Waals surface area contributed by atoms with E-state index < -0.39 is 6.10 Å². The molecule has 1 aromatic rings. The summed E-state index contributed by atoms with van der Waals surface area (Å²) >= 11 is 0. The third-order valence-corrected chi connectivity index (χ3v) is 3.64. The van der Waals surface area contributed by atoms with Crippen LogP contribution in [-0.4, -0.2) is 42.9 Å². The molecule has 2 rings (SSSR count). The summed E-state index contributed by atoms with van der Waals surface area (Å²) < 4.78 is 10.9. The second kappa shape index (κ2) is 6.61. The molecule has 1 atom stereocenters. The van der Waals surface area contributed by atoms with Gasteiger partial charge in [-0.2, -0.15) is 0 Å². The van der Waals surface area contributed by atoms with Crippen LogP contribution in [0.25, 0.3) is 0 Å². The molecule has 1 fully saturated rings. The Morgan fingerprint density at radius 3 is 2.48 bits per heavy atom. The van der Waals surface area contributed by atoms with E-state index in [1.165, 1.54) is 6.92 Å². The molecule has 1 aromatic carbocycles. The summed E-state index contributed by atoms with van der Waals surface area (Å²) in [6, 6.07) is 5.00. The molecule has 5 nitrogen and oxygen atoms in total. The summed E-state index contributed by atoms with van der Waals surface area (Å²) in [6.45, 7) is 4.75. The summed E-state index contributed by atoms with van der Waals surface area (Å²) in [5.74, 6) is 0.844. The molecule has 1 amide bonds. The second-order valence-electron chi connectivity index (χ2n) is 5.21. The molecule has 1 saturated heterocycles. The topological polar surface area (TPSA) is 55.8 Å². The molecule has 114 valence electrons. The first-order valence-corrected chi connectivity index (χ1v) is 7.17. The van der Waals surface area contributed by atoms with E-state index >= 15 is 0 Å². The highest BCUT2D eigenvalue weighted by Crippen LogP contribution is 2.26. The molecule has 1 unspecified atom stereocenters. The van der Waals surface area contributed by atoms with E-state index in [1.54, 1.807) is 37.1 Å². The van der Waals surface area contributed by atoms with Gasteiger partial charge in [-0.05, 0) is 38.8 Å². The van der Waals surface area contributed by atoms with Crippen LogP contribution in [0.3, 0.4) is 0 Å². The number of likely N-dealkylation sites (tertiary alicyclic amines) is 1. The number of ketones is 1. The molecule has 0 saturated carbocycles. The lowest BCUT2D eigenvalue weighted by Crippen LogP contribution is -2.38. The van der Waals surface area contributed by atoms with Gasteiger partial charge < -0.3 is 14.4 Å². The first-order valence-electron chi connectivity index (χ1n) is 7.17. The van der Waals surface area contributed by atoms with Crippen molar-refractivity contribution in [3.8, 4) is 11.5 Å². The van der Waals surface area contributed by atoms with Crippen LogP contribution < -0.4 is 9.47 Å². The minimum absolute atomic E-state index is 0.0372. The highest BCUT2D eigenvalue weighted by molar-refractivity contribution is 5.97. The molecule has 1 aliphatic heterocycles. The zero-order valence-corrected chi connectivity index (χ0v) is 12.7. The van der Waals surface area contributed by atoms with Gasteiger partial charge in [0.05, 0.1) is 12.7 Å². The fourth-order valence-corrected chi connectivity index (χ4v) is 2.45. The molecule has 1 heterocycles. The molecule has 0 aromatic heterocycles. The van der Waals surface area contributed by atoms with Crippen LogP contribution in [0.4, 0.5) is 0 Å². The Bertz CT molecular complexity index is 535. The van der Waals surface area contributed by atoms with Gasteiger partial charge in [-0.3, -0.25) is 9.59 Å². The van der Waals surface area contributed by atoms with Gasteiger partial charge in [0.2, 0.25) is 0 Å². The molecule has 0 spiro atoms. The van der Waals surface area contributed by atoms with E-state index in [1.807, 2.05) is 0 Å². The molecule has 0 aliphatic carbocycles. The maximum Gasteiger partial charge on any atom is 0.263 e. The van der Waals surface area contributed by atoms with Crippen molar-refractivity contribution in [2.75, 3.05) is 20.2 Å². The summed E-state index contributed by atoms with van der Waals surface area (Å²) in [7, 11) is 1.55. The van der Waals surface area contributed by atoms with Gasteiger partial charge in [-0.15, -0.1) is 0 Å². The smallest absolute Gasteiger partial charge is 0.263 e. The highest BCUT2D eigenvalue weighted by Gasteiger charge is 2.25.